The van der Waals surface area contributed by atoms with E-state index in [1.54, 1.807) is 0 Å². The number of allylic oxidation sites excluding steroid dienone is 12. The minimum absolute atomic E-state index is 0.185. The van der Waals surface area contributed by atoms with Crippen LogP contribution in [0.1, 0.15) is 303 Å². The molecule has 2 atom stereocenters. The summed E-state index contributed by atoms with van der Waals surface area (Å²) in [6.07, 6.45) is 78.8. The zero-order chi connectivity index (χ0) is 58.3. The third-order valence-corrected chi connectivity index (χ3v) is 14.7. The molecule has 0 aliphatic carbocycles. The Labute approximate surface area is 494 Å². The summed E-state index contributed by atoms with van der Waals surface area (Å²) in [7, 11) is 5.97. The lowest BCUT2D eigenvalue weighted by Gasteiger charge is -2.25. The molecule has 0 aliphatic heterocycles. The van der Waals surface area contributed by atoms with Crippen LogP contribution in [0.15, 0.2) is 72.9 Å². The van der Waals surface area contributed by atoms with Crippen molar-refractivity contribution in [3.05, 3.63) is 72.9 Å². The van der Waals surface area contributed by atoms with Crippen LogP contribution in [0.5, 0.6) is 0 Å². The fourth-order valence-corrected chi connectivity index (χ4v) is 9.57. The fraction of sp³-hybridized carbons (Fsp3) is 0.789. The molecule has 0 spiro atoms. The molecule has 0 heterocycles. The number of hydrogen-bond donors (Lipinski definition) is 1. The molecule has 1 N–H and O–H groups in total. The summed E-state index contributed by atoms with van der Waals surface area (Å²) < 4.78 is 22.9. The summed E-state index contributed by atoms with van der Waals surface area (Å²) >= 11 is 0. The maximum Gasteiger partial charge on any atom is 0.361 e. The van der Waals surface area contributed by atoms with Crippen LogP contribution in [0.2, 0.25) is 0 Å². The Bertz CT molecular complexity index is 1540. The quantitative estimate of drug-likeness (QED) is 0.0211. The Morgan fingerprint density at radius 3 is 1.06 bits per heavy atom. The van der Waals surface area contributed by atoms with E-state index in [-0.39, 0.29) is 38.6 Å². The molecule has 0 rings (SSSR count). The predicted octanol–water partition coefficient (Wildman–Crippen LogP) is 20.5. The van der Waals surface area contributed by atoms with Gasteiger partial charge in [0.2, 0.25) is 0 Å². The number of esters is 2. The highest BCUT2D eigenvalue weighted by Gasteiger charge is 2.25. The van der Waals surface area contributed by atoms with Gasteiger partial charge in [0, 0.05) is 12.8 Å². The van der Waals surface area contributed by atoms with Crippen molar-refractivity contribution in [1.29, 1.82) is 0 Å². The van der Waals surface area contributed by atoms with Crippen molar-refractivity contribution >= 4 is 17.9 Å². The minimum atomic E-state index is -1.51. The normalized spacial score (nSPS) is 13.2. The Morgan fingerprint density at radius 1 is 0.388 bits per heavy atom. The third kappa shape index (κ3) is 62.3. The first-order valence-corrected chi connectivity index (χ1v) is 33.6. The first kappa shape index (κ1) is 76.7. The maximum absolute atomic E-state index is 12.9. The molecule has 0 radical (unpaired) electrons. The van der Waals surface area contributed by atoms with E-state index in [1.807, 2.05) is 21.1 Å². The maximum atomic E-state index is 12.9. The second-order valence-electron chi connectivity index (χ2n) is 23.7. The Hall–Kier alpha value is -3.27. The lowest BCUT2D eigenvalue weighted by Crippen LogP contribution is -2.40. The summed E-state index contributed by atoms with van der Waals surface area (Å²) in [4.78, 5) is 37.5. The molecular formula is C71H128NO8+. The second-order valence-corrected chi connectivity index (χ2v) is 23.7. The number of aliphatic carboxylic acids is 1. The van der Waals surface area contributed by atoms with E-state index in [2.05, 4.69) is 86.8 Å². The average Bonchev–Trinajstić information content (AvgIpc) is 3.43. The van der Waals surface area contributed by atoms with Gasteiger partial charge in [-0.3, -0.25) is 9.59 Å². The number of carbonyl (C=O) groups is 3. The van der Waals surface area contributed by atoms with E-state index in [4.69, 9.17) is 18.9 Å². The summed E-state index contributed by atoms with van der Waals surface area (Å²) in [5.41, 5.74) is 0. The molecule has 9 heteroatoms. The van der Waals surface area contributed by atoms with Crippen molar-refractivity contribution in [3.63, 3.8) is 0 Å². The van der Waals surface area contributed by atoms with E-state index in [0.717, 1.165) is 89.9 Å². The van der Waals surface area contributed by atoms with Gasteiger partial charge in [0.25, 0.3) is 6.29 Å². The largest absolute Gasteiger partial charge is 0.477 e. The molecule has 80 heavy (non-hydrogen) atoms. The van der Waals surface area contributed by atoms with Crippen LogP contribution in [-0.2, 0) is 33.3 Å². The van der Waals surface area contributed by atoms with Gasteiger partial charge in [0.15, 0.2) is 6.10 Å². The smallest absolute Gasteiger partial charge is 0.361 e. The van der Waals surface area contributed by atoms with Gasteiger partial charge in [0.05, 0.1) is 34.4 Å². The van der Waals surface area contributed by atoms with E-state index >= 15 is 0 Å². The Balaban J connectivity index is 3.97. The average molecular weight is 1120 g/mol. The topological polar surface area (TPSA) is 108 Å². The van der Waals surface area contributed by atoms with Gasteiger partial charge in [-0.25, -0.2) is 4.79 Å². The van der Waals surface area contributed by atoms with E-state index in [9.17, 15) is 19.5 Å². The minimum Gasteiger partial charge on any atom is -0.477 e. The standard InChI is InChI=1S/C71H127NO8/c1-6-8-10-12-14-16-18-20-22-24-25-26-27-28-29-30-31-32-33-34-35-36-37-38-39-40-41-42-43-44-45-46-48-50-52-54-56-58-60-62-69(74)80-67(66-79-71(70(75)76)77-64-63-72(3,4)5)65-78-68(73)61-59-57-55-53-51-49-47-23-21-19-17-15-13-11-9-7-2/h8,10,14,16-17,19-20,22-23,25-26,47,67,71H,6-7,9,11-13,15,18,21,24,27-46,48-66H2,1-5H3/p+1/b10-8-,16-14-,19-17-,22-20-,26-25-,47-23-. The molecule has 2 unspecified atom stereocenters. The van der Waals surface area contributed by atoms with Gasteiger partial charge >= 0.3 is 17.9 Å². The summed E-state index contributed by atoms with van der Waals surface area (Å²) in [6, 6.07) is 0. The van der Waals surface area contributed by atoms with Gasteiger partial charge in [0.1, 0.15) is 13.2 Å². The molecule has 0 fully saturated rings. The lowest BCUT2D eigenvalue weighted by molar-refractivity contribution is -0.870. The number of carboxylic acid groups (broad SMARTS) is 1. The van der Waals surface area contributed by atoms with E-state index in [1.165, 1.54) is 186 Å². The number of likely N-dealkylation sites (N-methyl/N-ethyl adjacent to an activating group) is 1. The van der Waals surface area contributed by atoms with Crippen molar-refractivity contribution in [1.82, 2.24) is 0 Å². The van der Waals surface area contributed by atoms with E-state index < -0.39 is 24.3 Å². The molecule has 0 saturated heterocycles. The molecule has 0 aromatic rings. The Morgan fingerprint density at radius 2 is 0.713 bits per heavy atom. The molecule has 0 amide bonds. The summed E-state index contributed by atoms with van der Waals surface area (Å²) in [5, 5.41) is 9.72. The van der Waals surface area contributed by atoms with Crippen molar-refractivity contribution in [2.24, 2.45) is 0 Å². The molecule has 9 nitrogen and oxygen atoms in total. The van der Waals surface area contributed by atoms with Crippen LogP contribution >= 0.6 is 0 Å². The lowest BCUT2D eigenvalue weighted by atomic mass is 10.0. The Kier molecular flexibility index (Phi) is 59.3. The number of ether oxygens (including phenoxy) is 4. The second kappa shape index (κ2) is 61.8. The van der Waals surface area contributed by atoms with Gasteiger partial charge in [-0.05, 0) is 83.5 Å². The number of unbranched alkanes of at least 4 members (excludes halogenated alkanes) is 35. The number of rotatable bonds is 62. The van der Waals surface area contributed by atoms with Crippen LogP contribution in [-0.4, -0.2) is 87.4 Å². The van der Waals surface area contributed by atoms with Crippen molar-refractivity contribution in [3.8, 4) is 0 Å². The first-order chi connectivity index (χ1) is 39.1. The highest BCUT2D eigenvalue weighted by molar-refractivity contribution is 5.71. The predicted molar refractivity (Wildman–Crippen MR) is 341 cm³/mol. The molecule has 0 aromatic carbocycles. The third-order valence-electron chi connectivity index (χ3n) is 14.7. The van der Waals surface area contributed by atoms with E-state index in [0.29, 0.717) is 11.0 Å². The number of carbonyl (C=O) groups excluding carboxylic acids is 2. The van der Waals surface area contributed by atoms with Gasteiger partial charge in [-0.2, -0.15) is 0 Å². The van der Waals surface area contributed by atoms with Crippen molar-refractivity contribution < 1.29 is 42.9 Å². The molecule has 0 aromatic heterocycles. The summed E-state index contributed by atoms with van der Waals surface area (Å²) in [5.74, 6) is -2.01. The molecule has 464 valence electrons. The van der Waals surface area contributed by atoms with Crippen molar-refractivity contribution in [2.75, 3.05) is 47.5 Å². The molecule has 0 saturated carbocycles. The molecule has 0 bridgehead atoms. The highest BCUT2D eigenvalue weighted by atomic mass is 16.7. The van der Waals surface area contributed by atoms with Crippen LogP contribution in [0.25, 0.3) is 0 Å². The van der Waals surface area contributed by atoms with Crippen LogP contribution in [0, 0.1) is 0 Å². The highest BCUT2D eigenvalue weighted by Crippen LogP contribution is 2.18. The number of hydrogen-bond acceptors (Lipinski definition) is 7. The monoisotopic (exact) mass is 1120 g/mol. The number of quaternary nitrogens is 1. The van der Waals surface area contributed by atoms with Gasteiger partial charge in [-0.1, -0.05) is 279 Å². The zero-order valence-electron chi connectivity index (χ0n) is 53.0. The SMILES string of the molecule is CC/C=C\C/C=C\C/C=C\C/C=C\CCCCCCCCCCCCCCCCCCCCCCCCCCCCC(=O)OC(COC(=O)CCCCCCC/C=C\C/C=C\CCCCCC)COC(OCC[N+](C)(C)C)C(=O)O. The molecule has 0 aliphatic rings. The van der Waals surface area contributed by atoms with Gasteiger partial charge < -0.3 is 28.5 Å². The van der Waals surface area contributed by atoms with Crippen LogP contribution in [0.3, 0.4) is 0 Å². The zero-order valence-corrected chi connectivity index (χ0v) is 53.0. The van der Waals surface area contributed by atoms with Crippen molar-refractivity contribution in [2.45, 2.75) is 315 Å². The number of nitrogens with zero attached hydrogens (tertiary/aromatic N) is 1. The molecular weight excluding hydrogens is 995 g/mol. The summed E-state index contributed by atoms with van der Waals surface area (Å²) in [6.45, 7) is 4.76. The van der Waals surface area contributed by atoms with Gasteiger partial charge in [-0.15, -0.1) is 0 Å². The first-order valence-electron chi connectivity index (χ1n) is 33.6. The number of carboxylic acids is 1. The van der Waals surface area contributed by atoms with Crippen LogP contribution < -0.4 is 0 Å². The fourth-order valence-electron chi connectivity index (χ4n) is 9.57. The van der Waals surface area contributed by atoms with Crippen LogP contribution in [0.4, 0.5) is 0 Å².